The van der Waals surface area contributed by atoms with Crippen LogP contribution in [-0.4, -0.2) is 24.0 Å². The highest BCUT2D eigenvalue weighted by Gasteiger charge is 2.34. The Labute approximate surface area is 171 Å². The number of carbonyl (C=O) groups excluding carboxylic acids is 1. The molecule has 0 aliphatic heterocycles. The lowest BCUT2D eigenvalue weighted by Gasteiger charge is -2.16. The van der Waals surface area contributed by atoms with Gasteiger partial charge in [0.05, 0.1) is 12.2 Å². The highest BCUT2D eigenvalue weighted by Crippen LogP contribution is 2.37. The first-order chi connectivity index (χ1) is 13.9. The minimum atomic E-state index is -4.77. The van der Waals surface area contributed by atoms with E-state index in [1.165, 1.54) is 12.3 Å². The van der Waals surface area contributed by atoms with Gasteiger partial charge in [-0.15, -0.1) is 0 Å². The normalized spacial score (nSPS) is 12.2. The SMILES string of the molecule is CC(C)CNC(=O)c1ccc(CCOc2cc(C(C)(F)F)cc(C(F)(F)F)c2)cn1. The molecule has 0 aliphatic carbocycles. The maximum atomic E-state index is 13.5. The summed E-state index contributed by atoms with van der Waals surface area (Å²) in [4.78, 5) is 16.0. The topological polar surface area (TPSA) is 51.2 Å². The molecular weight excluding hydrogens is 407 g/mol. The molecule has 2 rings (SSSR count). The second kappa shape index (κ2) is 9.40. The van der Waals surface area contributed by atoms with Gasteiger partial charge in [0.25, 0.3) is 11.8 Å². The molecule has 1 aromatic carbocycles. The third-order valence-corrected chi connectivity index (χ3v) is 4.13. The fraction of sp³-hybridized carbons (Fsp3) is 0.429. The lowest BCUT2D eigenvalue weighted by atomic mass is 10.1. The molecule has 1 N–H and O–H groups in total. The molecule has 0 radical (unpaired) electrons. The number of aromatic nitrogens is 1. The second-order valence-corrected chi connectivity index (χ2v) is 7.39. The van der Waals surface area contributed by atoms with E-state index in [2.05, 4.69) is 10.3 Å². The maximum absolute atomic E-state index is 13.5. The van der Waals surface area contributed by atoms with Crippen LogP contribution in [0.3, 0.4) is 0 Å². The number of amides is 1. The van der Waals surface area contributed by atoms with E-state index in [0.717, 1.165) is 6.07 Å². The van der Waals surface area contributed by atoms with Crippen molar-refractivity contribution in [3.8, 4) is 5.75 Å². The summed E-state index contributed by atoms with van der Waals surface area (Å²) in [5.41, 5.74) is -1.04. The zero-order chi connectivity index (χ0) is 22.5. The monoisotopic (exact) mass is 430 g/mol. The third-order valence-electron chi connectivity index (χ3n) is 4.13. The molecule has 0 fully saturated rings. The van der Waals surface area contributed by atoms with Crippen molar-refractivity contribution in [3.05, 3.63) is 58.9 Å². The molecule has 1 aromatic heterocycles. The van der Waals surface area contributed by atoms with Gasteiger partial charge in [-0.25, -0.2) is 8.78 Å². The largest absolute Gasteiger partial charge is 0.493 e. The number of nitrogens with one attached hydrogen (secondary N) is 1. The van der Waals surface area contributed by atoms with E-state index in [-0.39, 0.29) is 30.4 Å². The van der Waals surface area contributed by atoms with Crippen molar-refractivity contribution in [3.63, 3.8) is 0 Å². The van der Waals surface area contributed by atoms with E-state index in [1.807, 2.05) is 13.8 Å². The number of hydrogen-bond acceptors (Lipinski definition) is 3. The molecule has 164 valence electrons. The average molecular weight is 430 g/mol. The fourth-order valence-corrected chi connectivity index (χ4v) is 2.48. The highest BCUT2D eigenvalue weighted by atomic mass is 19.4. The smallest absolute Gasteiger partial charge is 0.416 e. The molecule has 9 heteroatoms. The molecule has 1 heterocycles. The fourth-order valence-electron chi connectivity index (χ4n) is 2.48. The number of ether oxygens (including phenoxy) is 1. The van der Waals surface area contributed by atoms with E-state index in [0.29, 0.717) is 37.1 Å². The number of hydrogen-bond donors (Lipinski definition) is 1. The second-order valence-electron chi connectivity index (χ2n) is 7.39. The van der Waals surface area contributed by atoms with Crippen molar-refractivity contribution in [1.29, 1.82) is 0 Å². The van der Waals surface area contributed by atoms with Crippen LogP contribution in [0.15, 0.2) is 36.5 Å². The Morgan fingerprint density at radius 3 is 2.30 bits per heavy atom. The number of alkyl halides is 5. The number of pyridine rings is 1. The van der Waals surface area contributed by atoms with Crippen molar-refractivity contribution in [2.75, 3.05) is 13.2 Å². The Hall–Kier alpha value is -2.71. The van der Waals surface area contributed by atoms with Crippen molar-refractivity contribution >= 4 is 5.91 Å². The molecule has 0 unspecified atom stereocenters. The quantitative estimate of drug-likeness (QED) is 0.585. The van der Waals surface area contributed by atoms with Crippen LogP contribution >= 0.6 is 0 Å². The standard InChI is InChI=1S/C21H23F5N2O2/c1-13(2)11-28-19(29)18-5-4-14(12-27-18)6-7-30-17-9-15(20(3,22)23)8-16(10-17)21(24,25)26/h4-5,8-10,12-13H,6-7,11H2,1-3H3,(H,28,29). The first-order valence-corrected chi connectivity index (χ1v) is 9.33. The van der Waals surface area contributed by atoms with Crippen LogP contribution in [0.25, 0.3) is 0 Å². The number of rotatable bonds is 8. The van der Waals surface area contributed by atoms with E-state index in [1.54, 1.807) is 6.07 Å². The molecule has 0 spiro atoms. The predicted octanol–water partition coefficient (Wildman–Crippen LogP) is 5.22. The van der Waals surface area contributed by atoms with Gasteiger partial charge in [-0.2, -0.15) is 13.2 Å². The predicted molar refractivity (Wildman–Crippen MR) is 102 cm³/mol. The van der Waals surface area contributed by atoms with Crippen LogP contribution in [0, 0.1) is 5.92 Å². The number of nitrogens with zero attached hydrogens (tertiary/aromatic N) is 1. The molecule has 0 saturated heterocycles. The zero-order valence-corrected chi connectivity index (χ0v) is 16.8. The Kier molecular flexibility index (Phi) is 7.39. The number of halogens is 5. The molecule has 1 amide bonds. The van der Waals surface area contributed by atoms with Gasteiger partial charge in [0, 0.05) is 31.6 Å². The van der Waals surface area contributed by atoms with Crippen molar-refractivity contribution in [2.24, 2.45) is 5.92 Å². The summed E-state index contributed by atoms with van der Waals surface area (Å²) in [6.45, 7) is 4.93. The molecule has 0 bridgehead atoms. The van der Waals surface area contributed by atoms with Crippen LogP contribution in [0.1, 0.15) is 48.0 Å². The van der Waals surface area contributed by atoms with E-state index in [9.17, 15) is 26.7 Å². The van der Waals surface area contributed by atoms with E-state index < -0.39 is 23.2 Å². The molecule has 0 atom stereocenters. The van der Waals surface area contributed by atoms with E-state index >= 15 is 0 Å². The third kappa shape index (κ3) is 6.96. The summed E-state index contributed by atoms with van der Waals surface area (Å²) < 4.78 is 71.3. The van der Waals surface area contributed by atoms with Crippen LogP contribution < -0.4 is 10.1 Å². The Balaban J connectivity index is 2.02. The van der Waals surface area contributed by atoms with Crippen LogP contribution in [0.5, 0.6) is 5.75 Å². The van der Waals surface area contributed by atoms with E-state index in [4.69, 9.17) is 4.74 Å². The summed E-state index contributed by atoms with van der Waals surface area (Å²) >= 11 is 0. The minimum absolute atomic E-state index is 0.0450. The lowest BCUT2D eigenvalue weighted by molar-refractivity contribution is -0.137. The number of carbonyl (C=O) groups is 1. The Bertz CT molecular complexity index is 827. The molecule has 0 aliphatic rings. The van der Waals surface area contributed by atoms with Gasteiger partial charge in [0.1, 0.15) is 11.4 Å². The van der Waals surface area contributed by atoms with Gasteiger partial charge in [0.15, 0.2) is 0 Å². The minimum Gasteiger partial charge on any atom is -0.493 e. The molecule has 4 nitrogen and oxygen atoms in total. The molecular formula is C21H23F5N2O2. The van der Waals surface area contributed by atoms with Gasteiger partial charge in [-0.1, -0.05) is 19.9 Å². The van der Waals surface area contributed by atoms with Gasteiger partial charge in [-0.05, 0) is 35.7 Å². The first-order valence-electron chi connectivity index (χ1n) is 9.33. The van der Waals surface area contributed by atoms with Gasteiger partial charge < -0.3 is 10.1 Å². The summed E-state index contributed by atoms with van der Waals surface area (Å²) in [5.74, 6) is -3.73. The van der Waals surface area contributed by atoms with Crippen LogP contribution in [0.4, 0.5) is 22.0 Å². The van der Waals surface area contributed by atoms with Crippen LogP contribution in [0.2, 0.25) is 0 Å². The Morgan fingerprint density at radius 2 is 1.77 bits per heavy atom. The molecule has 2 aromatic rings. The summed E-state index contributed by atoms with van der Waals surface area (Å²) in [7, 11) is 0. The summed E-state index contributed by atoms with van der Waals surface area (Å²) in [6.07, 6.45) is -3.03. The van der Waals surface area contributed by atoms with Gasteiger partial charge in [0.2, 0.25) is 0 Å². The van der Waals surface area contributed by atoms with Gasteiger partial charge >= 0.3 is 6.18 Å². The zero-order valence-electron chi connectivity index (χ0n) is 16.8. The highest BCUT2D eigenvalue weighted by molar-refractivity contribution is 5.92. The first kappa shape index (κ1) is 23.6. The van der Waals surface area contributed by atoms with Crippen molar-refractivity contribution in [2.45, 2.75) is 39.3 Å². The Morgan fingerprint density at radius 1 is 1.10 bits per heavy atom. The van der Waals surface area contributed by atoms with Crippen molar-refractivity contribution in [1.82, 2.24) is 10.3 Å². The van der Waals surface area contributed by atoms with Gasteiger partial charge in [-0.3, -0.25) is 9.78 Å². The summed E-state index contributed by atoms with van der Waals surface area (Å²) in [5, 5.41) is 2.74. The number of benzene rings is 1. The van der Waals surface area contributed by atoms with Crippen molar-refractivity contribution < 1.29 is 31.5 Å². The van der Waals surface area contributed by atoms with Crippen LogP contribution in [-0.2, 0) is 18.5 Å². The summed E-state index contributed by atoms with van der Waals surface area (Å²) in [6, 6.07) is 5.19. The maximum Gasteiger partial charge on any atom is 0.416 e. The molecule has 0 saturated carbocycles. The average Bonchev–Trinajstić information content (AvgIpc) is 2.65. The lowest BCUT2D eigenvalue weighted by Crippen LogP contribution is -2.28. The molecule has 30 heavy (non-hydrogen) atoms.